The van der Waals surface area contributed by atoms with Crippen molar-refractivity contribution < 1.29 is 13.2 Å². The molecule has 0 saturated carbocycles. The Hall–Kier alpha value is -1.49. The highest BCUT2D eigenvalue weighted by molar-refractivity contribution is 5.82. The molecule has 0 aliphatic carbocycles. The lowest BCUT2D eigenvalue weighted by Crippen LogP contribution is -2.21. The van der Waals surface area contributed by atoms with E-state index >= 15 is 0 Å². The highest BCUT2D eigenvalue weighted by atomic mass is 19.4. The summed E-state index contributed by atoms with van der Waals surface area (Å²) in [5, 5.41) is 3.84. The number of halogens is 3. The van der Waals surface area contributed by atoms with Crippen LogP contribution in [-0.4, -0.2) is 17.7 Å². The van der Waals surface area contributed by atoms with Crippen LogP contribution in [0.3, 0.4) is 0 Å². The van der Waals surface area contributed by atoms with Gasteiger partial charge in [0.25, 0.3) is 0 Å². The van der Waals surface area contributed by atoms with Crippen LogP contribution in [0.25, 0.3) is 10.9 Å². The van der Waals surface area contributed by atoms with Crippen molar-refractivity contribution in [3.05, 3.63) is 36.0 Å². The standard InChI is InChI=1S/C12H13F3N2/c13-12(14,15)5-6-16-7-9-8-17-11-4-2-1-3-10(9)11/h1-4,8,16-17H,5-7H2. The molecule has 0 amide bonds. The zero-order valence-corrected chi connectivity index (χ0v) is 9.14. The van der Waals surface area contributed by atoms with Crippen molar-refractivity contribution in [3.8, 4) is 0 Å². The van der Waals surface area contributed by atoms with Gasteiger partial charge in [-0.25, -0.2) is 0 Å². The Morgan fingerprint density at radius 3 is 2.71 bits per heavy atom. The molecule has 0 aliphatic rings. The maximum atomic E-state index is 11.9. The SMILES string of the molecule is FC(F)(F)CCNCc1c[nH]c2ccccc12. The summed E-state index contributed by atoms with van der Waals surface area (Å²) in [4.78, 5) is 3.08. The molecule has 17 heavy (non-hydrogen) atoms. The minimum absolute atomic E-state index is 0.0526. The van der Waals surface area contributed by atoms with E-state index in [-0.39, 0.29) is 6.54 Å². The summed E-state index contributed by atoms with van der Waals surface area (Å²) in [5.41, 5.74) is 1.99. The molecule has 1 heterocycles. The van der Waals surface area contributed by atoms with E-state index in [1.165, 1.54) is 0 Å². The monoisotopic (exact) mass is 242 g/mol. The van der Waals surface area contributed by atoms with Gasteiger partial charge in [-0.05, 0) is 11.6 Å². The number of benzene rings is 1. The second-order valence-electron chi connectivity index (χ2n) is 3.90. The number of nitrogens with one attached hydrogen (secondary N) is 2. The van der Waals surface area contributed by atoms with Crippen LogP contribution in [0.4, 0.5) is 13.2 Å². The lowest BCUT2D eigenvalue weighted by atomic mass is 10.2. The Labute approximate surface area is 96.8 Å². The van der Waals surface area contributed by atoms with Crippen molar-refractivity contribution in [2.24, 2.45) is 0 Å². The van der Waals surface area contributed by atoms with E-state index in [4.69, 9.17) is 0 Å². The number of para-hydroxylation sites is 1. The number of hydrogen-bond acceptors (Lipinski definition) is 1. The van der Waals surface area contributed by atoms with Gasteiger partial charge in [-0.15, -0.1) is 0 Å². The van der Waals surface area contributed by atoms with Crippen LogP contribution in [0.1, 0.15) is 12.0 Å². The highest BCUT2D eigenvalue weighted by Gasteiger charge is 2.25. The summed E-state index contributed by atoms with van der Waals surface area (Å²) in [7, 11) is 0. The van der Waals surface area contributed by atoms with Gasteiger partial charge < -0.3 is 10.3 Å². The van der Waals surface area contributed by atoms with Gasteiger partial charge in [0.1, 0.15) is 0 Å². The van der Waals surface area contributed by atoms with Crippen molar-refractivity contribution in [1.29, 1.82) is 0 Å². The average molecular weight is 242 g/mol. The Bertz CT molecular complexity index is 488. The normalized spacial score (nSPS) is 12.2. The molecule has 2 rings (SSSR count). The molecule has 0 unspecified atom stereocenters. The third kappa shape index (κ3) is 3.23. The second kappa shape index (κ2) is 4.79. The van der Waals surface area contributed by atoms with Crippen molar-refractivity contribution in [2.45, 2.75) is 19.1 Å². The number of aromatic amines is 1. The van der Waals surface area contributed by atoms with Gasteiger partial charge in [-0.1, -0.05) is 18.2 Å². The molecule has 0 atom stereocenters. The number of aromatic nitrogens is 1. The number of hydrogen-bond donors (Lipinski definition) is 2. The lowest BCUT2D eigenvalue weighted by molar-refractivity contribution is -0.133. The van der Waals surface area contributed by atoms with Gasteiger partial charge in [-0.3, -0.25) is 0 Å². The van der Waals surface area contributed by atoms with Gasteiger partial charge in [0.15, 0.2) is 0 Å². The van der Waals surface area contributed by atoms with E-state index in [0.29, 0.717) is 6.54 Å². The summed E-state index contributed by atoms with van der Waals surface area (Å²) in [6, 6.07) is 7.72. The fourth-order valence-electron chi connectivity index (χ4n) is 1.73. The van der Waals surface area contributed by atoms with E-state index in [1.54, 1.807) is 0 Å². The maximum Gasteiger partial charge on any atom is 0.390 e. The van der Waals surface area contributed by atoms with Crippen molar-refractivity contribution >= 4 is 10.9 Å². The zero-order chi connectivity index (χ0) is 12.3. The van der Waals surface area contributed by atoms with Crippen molar-refractivity contribution in [3.63, 3.8) is 0 Å². The number of rotatable bonds is 4. The molecule has 0 fully saturated rings. The molecular weight excluding hydrogens is 229 g/mol. The molecule has 0 radical (unpaired) electrons. The fraction of sp³-hybridized carbons (Fsp3) is 0.333. The van der Waals surface area contributed by atoms with Gasteiger partial charge >= 0.3 is 6.18 Å². The summed E-state index contributed by atoms with van der Waals surface area (Å²) in [6.07, 6.45) is -3.06. The van der Waals surface area contributed by atoms with E-state index in [9.17, 15) is 13.2 Å². The molecule has 0 aliphatic heterocycles. The Morgan fingerprint density at radius 2 is 1.94 bits per heavy atom. The summed E-state index contributed by atoms with van der Waals surface area (Å²) < 4.78 is 35.8. The summed E-state index contributed by atoms with van der Waals surface area (Å²) >= 11 is 0. The minimum atomic E-state index is -4.09. The minimum Gasteiger partial charge on any atom is -0.361 e. The van der Waals surface area contributed by atoms with E-state index < -0.39 is 12.6 Å². The van der Waals surface area contributed by atoms with Gasteiger partial charge in [0.2, 0.25) is 0 Å². The summed E-state index contributed by atoms with van der Waals surface area (Å²) in [5.74, 6) is 0. The third-order valence-electron chi connectivity index (χ3n) is 2.58. The molecular formula is C12H13F3N2. The molecule has 0 spiro atoms. The first kappa shape index (κ1) is 12.0. The number of H-pyrrole nitrogens is 1. The van der Waals surface area contributed by atoms with Crippen LogP contribution < -0.4 is 5.32 Å². The predicted molar refractivity (Wildman–Crippen MR) is 60.7 cm³/mol. The average Bonchev–Trinajstić information content (AvgIpc) is 2.67. The molecule has 92 valence electrons. The van der Waals surface area contributed by atoms with Crippen LogP contribution >= 0.6 is 0 Å². The van der Waals surface area contributed by atoms with Crippen LogP contribution in [0.2, 0.25) is 0 Å². The molecule has 1 aromatic heterocycles. The van der Waals surface area contributed by atoms with Gasteiger partial charge in [0, 0.05) is 30.2 Å². The Kier molecular flexibility index (Phi) is 3.38. The number of alkyl halides is 3. The Balaban J connectivity index is 1.91. The molecule has 5 heteroatoms. The molecule has 0 saturated heterocycles. The third-order valence-corrected chi connectivity index (χ3v) is 2.58. The largest absolute Gasteiger partial charge is 0.390 e. The van der Waals surface area contributed by atoms with E-state index in [2.05, 4.69) is 10.3 Å². The van der Waals surface area contributed by atoms with Crippen LogP contribution in [0.15, 0.2) is 30.5 Å². The van der Waals surface area contributed by atoms with Crippen LogP contribution in [-0.2, 0) is 6.54 Å². The first-order chi connectivity index (χ1) is 8.06. The maximum absolute atomic E-state index is 11.9. The fourth-order valence-corrected chi connectivity index (χ4v) is 1.73. The topological polar surface area (TPSA) is 27.8 Å². The number of fused-ring (bicyclic) bond motifs is 1. The van der Waals surface area contributed by atoms with E-state index in [1.807, 2.05) is 30.5 Å². The van der Waals surface area contributed by atoms with Gasteiger partial charge in [0.05, 0.1) is 6.42 Å². The van der Waals surface area contributed by atoms with Gasteiger partial charge in [-0.2, -0.15) is 13.2 Å². The van der Waals surface area contributed by atoms with Crippen molar-refractivity contribution in [2.75, 3.05) is 6.54 Å². The highest BCUT2D eigenvalue weighted by Crippen LogP contribution is 2.19. The van der Waals surface area contributed by atoms with Crippen molar-refractivity contribution in [1.82, 2.24) is 10.3 Å². The van der Waals surface area contributed by atoms with E-state index in [0.717, 1.165) is 16.5 Å². The zero-order valence-electron chi connectivity index (χ0n) is 9.14. The van der Waals surface area contributed by atoms with Crippen LogP contribution in [0, 0.1) is 0 Å². The first-order valence-corrected chi connectivity index (χ1v) is 5.39. The summed E-state index contributed by atoms with van der Waals surface area (Å²) in [6.45, 7) is 0.392. The Morgan fingerprint density at radius 1 is 1.18 bits per heavy atom. The molecule has 1 aromatic carbocycles. The predicted octanol–water partition coefficient (Wildman–Crippen LogP) is 3.21. The smallest absolute Gasteiger partial charge is 0.361 e. The molecule has 2 N–H and O–H groups in total. The lowest BCUT2D eigenvalue weighted by Gasteiger charge is -2.07. The molecule has 2 nitrogen and oxygen atoms in total. The quantitative estimate of drug-likeness (QED) is 0.792. The first-order valence-electron chi connectivity index (χ1n) is 5.39. The van der Waals surface area contributed by atoms with Crippen LogP contribution in [0.5, 0.6) is 0 Å². The molecule has 0 bridgehead atoms. The second-order valence-corrected chi connectivity index (χ2v) is 3.90. The molecule has 2 aromatic rings.